The van der Waals surface area contributed by atoms with E-state index in [1.54, 1.807) is 20.3 Å². The van der Waals surface area contributed by atoms with Crippen LogP contribution >= 0.6 is 23.5 Å². The Labute approximate surface area is 164 Å². The van der Waals surface area contributed by atoms with Crippen LogP contribution in [0.15, 0.2) is 47.6 Å². The van der Waals surface area contributed by atoms with Gasteiger partial charge in [-0.15, -0.1) is 0 Å². The number of aromatic nitrogens is 2. The van der Waals surface area contributed by atoms with Crippen LogP contribution in [-0.4, -0.2) is 23.6 Å². The lowest BCUT2D eigenvalue weighted by molar-refractivity contribution is 0.391. The second-order valence-corrected chi connectivity index (χ2v) is 7.14. The van der Waals surface area contributed by atoms with E-state index >= 15 is 0 Å². The highest BCUT2D eigenvalue weighted by atomic mass is 32.2. The molecule has 6 nitrogen and oxygen atoms in total. The van der Waals surface area contributed by atoms with Crippen LogP contribution in [0.4, 0.5) is 9.52 Å². The van der Waals surface area contributed by atoms with Crippen molar-refractivity contribution in [3.8, 4) is 17.6 Å². The largest absolute Gasteiger partial charge is 0.497 e. The van der Waals surface area contributed by atoms with Gasteiger partial charge in [-0.2, -0.15) is 9.64 Å². The Morgan fingerprint density at radius 1 is 1.22 bits per heavy atom. The molecule has 1 aromatic heterocycles. The molecule has 3 rings (SSSR count). The summed E-state index contributed by atoms with van der Waals surface area (Å²) in [5.41, 5.74) is 0.919. The molecule has 3 aromatic rings. The number of hydrogen-bond acceptors (Lipinski definition) is 8. The van der Waals surface area contributed by atoms with Crippen molar-refractivity contribution in [2.24, 2.45) is 0 Å². The maximum Gasteiger partial charge on any atom is 0.215 e. The van der Waals surface area contributed by atoms with Crippen molar-refractivity contribution in [1.82, 2.24) is 9.36 Å². The average molecular weight is 402 g/mol. The number of nitriles is 1. The van der Waals surface area contributed by atoms with Gasteiger partial charge in [-0.25, -0.2) is 9.37 Å². The molecule has 0 aliphatic rings. The molecule has 0 fully saturated rings. The van der Waals surface area contributed by atoms with Crippen molar-refractivity contribution in [2.45, 2.75) is 11.4 Å². The third-order valence-corrected chi connectivity index (χ3v) is 5.44. The SMILES string of the molecule is COc1ccc(CN(Sc2ccc(F)c(C#N)c2)c2ncns2)c(OC)c1. The van der Waals surface area contributed by atoms with Gasteiger partial charge in [0, 0.05) is 28.1 Å². The molecule has 0 atom stereocenters. The Balaban J connectivity index is 1.91. The molecule has 138 valence electrons. The Hall–Kier alpha value is -2.83. The van der Waals surface area contributed by atoms with E-state index in [0.29, 0.717) is 23.2 Å². The molecular formula is C18H15FN4O2S2. The Morgan fingerprint density at radius 2 is 2.07 bits per heavy atom. The summed E-state index contributed by atoms with van der Waals surface area (Å²) in [5, 5.41) is 9.73. The van der Waals surface area contributed by atoms with E-state index in [4.69, 9.17) is 14.7 Å². The first-order valence-electron chi connectivity index (χ1n) is 7.77. The zero-order chi connectivity index (χ0) is 19.2. The number of nitrogens with zero attached hydrogens (tertiary/aromatic N) is 4. The van der Waals surface area contributed by atoms with Gasteiger partial charge in [0.05, 0.1) is 26.3 Å². The summed E-state index contributed by atoms with van der Waals surface area (Å²) < 4.78 is 30.3. The normalized spacial score (nSPS) is 10.3. The average Bonchev–Trinajstić information content (AvgIpc) is 3.23. The first-order chi connectivity index (χ1) is 13.1. The Morgan fingerprint density at radius 3 is 2.74 bits per heavy atom. The summed E-state index contributed by atoms with van der Waals surface area (Å²) >= 11 is 2.59. The van der Waals surface area contributed by atoms with Crippen LogP contribution in [0, 0.1) is 17.1 Å². The molecular weight excluding hydrogens is 387 g/mol. The van der Waals surface area contributed by atoms with Gasteiger partial charge in [0.15, 0.2) is 0 Å². The maximum absolute atomic E-state index is 13.6. The van der Waals surface area contributed by atoms with Gasteiger partial charge in [-0.1, -0.05) is 0 Å². The van der Waals surface area contributed by atoms with Gasteiger partial charge in [0.25, 0.3) is 0 Å². The fourth-order valence-corrected chi connectivity index (χ4v) is 3.86. The van der Waals surface area contributed by atoms with Crippen LogP contribution < -0.4 is 13.8 Å². The number of methoxy groups -OCH3 is 2. The van der Waals surface area contributed by atoms with Gasteiger partial charge in [0.2, 0.25) is 5.13 Å². The van der Waals surface area contributed by atoms with Crippen LogP contribution in [-0.2, 0) is 6.54 Å². The van der Waals surface area contributed by atoms with Gasteiger partial charge in [0.1, 0.15) is 29.7 Å². The van der Waals surface area contributed by atoms with Crippen LogP contribution in [0.25, 0.3) is 0 Å². The topological polar surface area (TPSA) is 71.3 Å². The number of ether oxygens (including phenoxy) is 2. The van der Waals surface area contributed by atoms with Crippen LogP contribution in [0.3, 0.4) is 0 Å². The summed E-state index contributed by atoms with van der Waals surface area (Å²) in [4.78, 5) is 4.98. The molecule has 1 heterocycles. The predicted octanol–water partition coefficient (Wildman–Crippen LogP) is 4.28. The van der Waals surface area contributed by atoms with E-state index in [-0.39, 0.29) is 5.56 Å². The summed E-state index contributed by atoms with van der Waals surface area (Å²) in [5.74, 6) is 0.838. The van der Waals surface area contributed by atoms with Crippen molar-refractivity contribution in [3.05, 3.63) is 59.7 Å². The van der Waals surface area contributed by atoms with Crippen molar-refractivity contribution in [3.63, 3.8) is 0 Å². The third kappa shape index (κ3) is 4.48. The standard InChI is InChI=1S/C18H15FN4O2S2/c1-24-14-4-3-12(17(8-14)25-2)10-23(18-21-11-22-26-18)27-15-5-6-16(19)13(7-15)9-20/h3-8,11H,10H2,1-2H3. The highest BCUT2D eigenvalue weighted by Gasteiger charge is 2.17. The van der Waals surface area contributed by atoms with Gasteiger partial charge >= 0.3 is 0 Å². The van der Waals surface area contributed by atoms with Crippen LogP contribution in [0.5, 0.6) is 11.5 Å². The molecule has 2 aromatic carbocycles. The van der Waals surface area contributed by atoms with E-state index in [9.17, 15) is 4.39 Å². The van der Waals surface area contributed by atoms with E-state index in [1.807, 2.05) is 28.6 Å². The van der Waals surface area contributed by atoms with E-state index < -0.39 is 5.82 Å². The van der Waals surface area contributed by atoms with Gasteiger partial charge < -0.3 is 9.47 Å². The summed E-state index contributed by atoms with van der Waals surface area (Å²) in [6.45, 7) is 0.465. The minimum atomic E-state index is -0.541. The van der Waals surface area contributed by atoms with Crippen molar-refractivity contribution < 1.29 is 13.9 Å². The Kier molecular flexibility index (Phi) is 6.11. The molecule has 0 bridgehead atoms. The maximum atomic E-state index is 13.6. The van der Waals surface area contributed by atoms with Crippen LogP contribution in [0.2, 0.25) is 0 Å². The fraction of sp³-hybridized carbons (Fsp3) is 0.167. The molecule has 0 aliphatic heterocycles. The van der Waals surface area contributed by atoms with Crippen LogP contribution in [0.1, 0.15) is 11.1 Å². The van der Waals surface area contributed by atoms with Crippen molar-refractivity contribution in [1.29, 1.82) is 5.26 Å². The lowest BCUT2D eigenvalue weighted by atomic mass is 10.2. The second-order valence-electron chi connectivity index (χ2n) is 5.28. The molecule has 9 heteroatoms. The molecule has 0 aliphatic carbocycles. The molecule has 0 saturated heterocycles. The Bertz CT molecular complexity index is 960. The minimum absolute atomic E-state index is 0.000702. The molecule has 0 N–H and O–H groups in total. The smallest absolute Gasteiger partial charge is 0.215 e. The van der Waals surface area contributed by atoms with E-state index in [0.717, 1.165) is 10.5 Å². The van der Waals surface area contributed by atoms with Gasteiger partial charge in [-0.05, 0) is 42.3 Å². The first kappa shape index (κ1) is 18.9. The molecule has 27 heavy (non-hydrogen) atoms. The second kappa shape index (κ2) is 8.70. The highest BCUT2D eigenvalue weighted by molar-refractivity contribution is 8.00. The zero-order valence-electron chi connectivity index (χ0n) is 14.5. The van der Waals surface area contributed by atoms with Gasteiger partial charge in [-0.3, -0.25) is 4.31 Å². The summed E-state index contributed by atoms with van der Waals surface area (Å²) in [6.07, 6.45) is 1.48. The predicted molar refractivity (Wildman–Crippen MR) is 103 cm³/mol. The molecule has 0 spiro atoms. The van der Waals surface area contributed by atoms with Crippen molar-refractivity contribution >= 4 is 28.6 Å². The molecule has 0 unspecified atom stereocenters. The lowest BCUT2D eigenvalue weighted by Gasteiger charge is -2.21. The lowest BCUT2D eigenvalue weighted by Crippen LogP contribution is -2.14. The fourth-order valence-electron chi connectivity index (χ4n) is 2.33. The first-order valence-corrected chi connectivity index (χ1v) is 9.32. The van der Waals surface area contributed by atoms with E-state index in [1.165, 1.54) is 41.9 Å². The number of halogens is 1. The highest BCUT2D eigenvalue weighted by Crippen LogP contribution is 2.34. The summed E-state index contributed by atoms with van der Waals surface area (Å²) in [7, 11) is 3.19. The molecule has 0 amide bonds. The third-order valence-electron chi connectivity index (χ3n) is 3.65. The molecule has 0 radical (unpaired) electrons. The summed E-state index contributed by atoms with van der Waals surface area (Å²) in [6, 6.07) is 11.9. The minimum Gasteiger partial charge on any atom is -0.497 e. The van der Waals surface area contributed by atoms with E-state index in [2.05, 4.69) is 9.36 Å². The van der Waals surface area contributed by atoms with Crippen molar-refractivity contribution in [2.75, 3.05) is 18.5 Å². The quantitative estimate of drug-likeness (QED) is 0.546. The monoisotopic (exact) mass is 402 g/mol. The number of benzene rings is 2. The number of hydrogen-bond donors (Lipinski definition) is 0. The zero-order valence-corrected chi connectivity index (χ0v) is 16.2. The molecule has 0 saturated carbocycles. The number of anilines is 1. The number of rotatable bonds is 7.